The Balaban J connectivity index is 1.56. The third kappa shape index (κ3) is 6.61. The Labute approximate surface area is 193 Å². The average Bonchev–Trinajstić information content (AvgIpc) is 3.33. The lowest BCUT2D eigenvalue weighted by Gasteiger charge is -2.18. The number of carbonyl (C=O) groups is 2. The molecule has 0 bridgehead atoms. The maximum atomic E-state index is 12.5. The first-order valence-electron chi connectivity index (χ1n) is 11.2. The van der Waals surface area contributed by atoms with Crippen molar-refractivity contribution in [3.05, 3.63) is 59.5 Å². The highest BCUT2D eigenvalue weighted by Gasteiger charge is 2.39. The van der Waals surface area contributed by atoms with Crippen LogP contribution in [0.1, 0.15) is 37.0 Å². The van der Waals surface area contributed by atoms with Gasteiger partial charge in [-0.15, -0.1) is 11.3 Å². The van der Waals surface area contributed by atoms with Crippen molar-refractivity contribution in [2.45, 2.75) is 44.6 Å². The van der Waals surface area contributed by atoms with E-state index >= 15 is 0 Å². The molecule has 0 aliphatic heterocycles. The molecule has 6 heteroatoms. The molecule has 0 amide bonds. The maximum absolute atomic E-state index is 12.5. The Bertz CT molecular complexity index is 927. The number of rotatable bonds is 11. The van der Waals surface area contributed by atoms with Crippen LogP contribution in [0.15, 0.2) is 54.6 Å². The van der Waals surface area contributed by atoms with Crippen LogP contribution in [0.2, 0.25) is 0 Å². The van der Waals surface area contributed by atoms with Crippen LogP contribution in [0.5, 0.6) is 0 Å². The van der Waals surface area contributed by atoms with Crippen molar-refractivity contribution in [1.82, 2.24) is 0 Å². The van der Waals surface area contributed by atoms with Gasteiger partial charge in [-0.1, -0.05) is 42.5 Å². The highest BCUT2D eigenvalue weighted by Crippen LogP contribution is 2.38. The topological polar surface area (TPSA) is 83.8 Å². The second kappa shape index (κ2) is 12.1. The number of aliphatic hydroxyl groups excluding tert-OH is 2. The fourth-order valence-electron chi connectivity index (χ4n) is 4.35. The molecule has 2 N–H and O–H groups in total. The molecule has 0 radical (unpaired) electrons. The van der Waals surface area contributed by atoms with Gasteiger partial charge in [0.25, 0.3) is 0 Å². The monoisotopic (exact) mass is 456 g/mol. The van der Waals surface area contributed by atoms with Gasteiger partial charge in [0.2, 0.25) is 0 Å². The van der Waals surface area contributed by atoms with E-state index in [2.05, 4.69) is 22.9 Å². The van der Waals surface area contributed by atoms with Crippen LogP contribution in [0.25, 0.3) is 10.1 Å². The molecular weight excluding hydrogens is 424 g/mol. The third-order valence-corrected chi connectivity index (χ3v) is 7.24. The van der Waals surface area contributed by atoms with Crippen LogP contribution < -0.4 is 0 Å². The number of ether oxygens (including phenoxy) is 1. The largest absolute Gasteiger partial charge is 0.469 e. The fourth-order valence-corrected chi connectivity index (χ4v) is 5.46. The number of fused-ring (bicyclic) bond motifs is 1. The molecular formula is C26H32O5S. The molecule has 0 saturated heterocycles. The first kappa shape index (κ1) is 24.4. The maximum Gasteiger partial charge on any atom is 0.305 e. The van der Waals surface area contributed by atoms with E-state index in [1.807, 2.05) is 30.4 Å². The number of benzene rings is 1. The van der Waals surface area contributed by atoms with Crippen molar-refractivity contribution in [2.75, 3.05) is 13.7 Å². The Kier molecular flexibility index (Phi) is 9.21. The van der Waals surface area contributed by atoms with Crippen LogP contribution in [-0.4, -0.2) is 41.8 Å². The summed E-state index contributed by atoms with van der Waals surface area (Å²) in [6.07, 6.45) is 10.4. The van der Waals surface area contributed by atoms with Crippen LogP contribution in [0, 0.1) is 17.8 Å². The van der Waals surface area contributed by atoms with Crippen molar-refractivity contribution in [3.63, 3.8) is 0 Å². The molecule has 1 aromatic heterocycles. The molecule has 172 valence electrons. The minimum atomic E-state index is -0.632. The average molecular weight is 457 g/mol. The van der Waals surface area contributed by atoms with E-state index in [4.69, 9.17) is 0 Å². The Morgan fingerprint density at radius 2 is 2.12 bits per heavy atom. The van der Waals surface area contributed by atoms with Gasteiger partial charge in [-0.25, -0.2) is 0 Å². The van der Waals surface area contributed by atoms with E-state index < -0.39 is 6.10 Å². The normalized spacial score (nSPS) is 22.3. The van der Waals surface area contributed by atoms with Crippen molar-refractivity contribution < 1.29 is 24.5 Å². The highest BCUT2D eigenvalue weighted by molar-refractivity contribution is 7.19. The molecule has 5 nitrogen and oxygen atoms in total. The number of carbonyl (C=O) groups excluding carboxylic acids is 2. The van der Waals surface area contributed by atoms with E-state index in [0.29, 0.717) is 32.1 Å². The number of ketones is 1. The number of aliphatic hydroxyl groups is 2. The van der Waals surface area contributed by atoms with Gasteiger partial charge in [0, 0.05) is 41.4 Å². The van der Waals surface area contributed by atoms with Crippen molar-refractivity contribution in [2.24, 2.45) is 17.8 Å². The Hall–Kier alpha value is -2.28. The number of allylic oxidation sites excluding steroid dienone is 3. The molecule has 1 fully saturated rings. The Morgan fingerprint density at radius 3 is 2.88 bits per heavy atom. The van der Waals surface area contributed by atoms with Gasteiger partial charge in [0.1, 0.15) is 5.78 Å². The molecule has 1 aliphatic carbocycles. The number of unbranched alkanes of at least 4 members (excludes halogenated alkanes) is 1. The number of Topliss-reactive ketones (excluding diaryl/α,β-unsaturated/α-hetero) is 1. The van der Waals surface area contributed by atoms with Gasteiger partial charge in [-0.05, 0) is 48.6 Å². The van der Waals surface area contributed by atoms with Gasteiger partial charge in [-0.2, -0.15) is 0 Å². The highest BCUT2D eigenvalue weighted by atomic mass is 32.1. The van der Waals surface area contributed by atoms with Gasteiger partial charge >= 0.3 is 5.97 Å². The summed E-state index contributed by atoms with van der Waals surface area (Å²) < 4.78 is 5.84. The first-order chi connectivity index (χ1) is 15.5. The number of hydrogen-bond acceptors (Lipinski definition) is 6. The molecule has 3 rings (SSSR count). The van der Waals surface area contributed by atoms with Crippen LogP contribution in [0.3, 0.4) is 0 Å². The summed E-state index contributed by atoms with van der Waals surface area (Å²) in [5.41, 5.74) is 0. The number of thiophene rings is 1. The van der Waals surface area contributed by atoms with Gasteiger partial charge in [-0.3, -0.25) is 9.59 Å². The first-order valence-corrected chi connectivity index (χ1v) is 12.0. The molecule has 32 heavy (non-hydrogen) atoms. The zero-order valence-corrected chi connectivity index (χ0v) is 19.3. The molecule has 2 aromatic rings. The van der Waals surface area contributed by atoms with E-state index in [-0.39, 0.29) is 36.1 Å². The van der Waals surface area contributed by atoms with Crippen molar-refractivity contribution in [3.8, 4) is 0 Å². The summed E-state index contributed by atoms with van der Waals surface area (Å²) in [6.45, 7) is -0.0352. The Morgan fingerprint density at radius 1 is 1.31 bits per heavy atom. The molecule has 1 heterocycles. The van der Waals surface area contributed by atoms with E-state index in [1.165, 1.54) is 17.2 Å². The fraction of sp³-hybridized carbons (Fsp3) is 0.462. The zero-order chi connectivity index (χ0) is 22.9. The lowest BCUT2D eigenvalue weighted by atomic mass is 9.86. The van der Waals surface area contributed by atoms with E-state index in [9.17, 15) is 19.8 Å². The van der Waals surface area contributed by atoms with E-state index in [0.717, 1.165) is 11.3 Å². The van der Waals surface area contributed by atoms with Crippen LogP contribution in [-0.2, 0) is 20.7 Å². The van der Waals surface area contributed by atoms with Crippen LogP contribution >= 0.6 is 11.3 Å². The number of hydrogen-bond donors (Lipinski definition) is 2. The summed E-state index contributed by atoms with van der Waals surface area (Å²) in [7, 11) is 1.38. The molecule has 4 atom stereocenters. The molecule has 1 aliphatic rings. The molecule has 1 aromatic carbocycles. The summed E-state index contributed by atoms with van der Waals surface area (Å²) in [6, 6.07) is 10.3. The minimum absolute atomic E-state index is 0.0352. The summed E-state index contributed by atoms with van der Waals surface area (Å²) >= 11 is 1.68. The molecule has 1 saturated carbocycles. The van der Waals surface area contributed by atoms with Gasteiger partial charge in [0.15, 0.2) is 0 Å². The van der Waals surface area contributed by atoms with Gasteiger partial charge in [0.05, 0.1) is 13.2 Å². The molecule has 0 spiro atoms. The SMILES string of the molecule is COC(=O)CCC/C=C\C[C@H]1C(=O)C[C@@H](CO)[C@@H]1/C=C/C(O)Cc1cc2ccccc2s1. The second-order valence-electron chi connectivity index (χ2n) is 8.38. The third-order valence-electron chi connectivity index (χ3n) is 6.10. The van der Waals surface area contributed by atoms with Crippen molar-refractivity contribution >= 4 is 33.2 Å². The minimum Gasteiger partial charge on any atom is -0.469 e. The van der Waals surface area contributed by atoms with E-state index in [1.54, 1.807) is 17.4 Å². The van der Waals surface area contributed by atoms with Crippen molar-refractivity contribution in [1.29, 1.82) is 0 Å². The summed E-state index contributed by atoms with van der Waals surface area (Å²) in [4.78, 5) is 24.8. The summed E-state index contributed by atoms with van der Waals surface area (Å²) in [5, 5.41) is 21.5. The van der Waals surface area contributed by atoms with Crippen LogP contribution in [0.4, 0.5) is 0 Å². The lowest BCUT2D eigenvalue weighted by molar-refractivity contribution is -0.140. The van der Waals surface area contributed by atoms with Gasteiger partial charge < -0.3 is 14.9 Å². The number of esters is 1. The smallest absolute Gasteiger partial charge is 0.305 e. The second-order valence-corrected chi connectivity index (χ2v) is 9.55. The number of methoxy groups -OCH3 is 1. The predicted molar refractivity (Wildman–Crippen MR) is 127 cm³/mol. The predicted octanol–water partition coefficient (Wildman–Crippen LogP) is 4.46. The zero-order valence-electron chi connectivity index (χ0n) is 18.5. The lowest BCUT2D eigenvalue weighted by Crippen LogP contribution is -2.18. The molecule has 1 unspecified atom stereocenters. The standard InChI is InChI=1S/C26H32O5S/c1-31-26(30)11-5-3-2-4-9-23-22(19(17-27)15-24(23)29)13-12-20(28)16-21-14-18-8-6-7-10-25(18)32-21/h2,4,6-8,10,12-14,19-20,22-23,27-28H,3,5,9,11,15-17H2,1H3/b4-2-,13-12+/t19-,20?,22-,23+/m0/s1. The quantitative estimate of drug-likeness (QED) is 0.296. The summed E-state index contributed by atoms with van der Waals surface area (Å²) in [5.74, 6) is -0.416.